The van der Waals surface area contributed by atoms with Gasteiger partial charge in [0.25, 0.3) is 5.91 Å². The number of carbonyl (C=O) groups is 1. The second-order valence-electron chi connectivity index (χ2n) is 6.28. The molecule has 0 radical (unpaired) electrons. The van der Waals surface area contributed by atoms with Gasteiger partial charge in [-0.15, -0.1) is 0 Å². The van der Waals surface area contributed by atoms with Crippen molar-refractivity contribution in [2.24, 2.45) is 5.92 Å². The highest BCUT2D eigenvalue weighted by atomic mass is 79.9. The van der Waals surface area contributed by atoms with Crippen molar-refractivity contribution >= 4 is 31.9 Å². The van der Waals surface area contributed by atoms with Gasteiger partial charge >= 0.3 is 0 Å². The van der Waals surface area contributed by atoms with Gasteiger partial charge in [0.1, 0.15) is 0 Å². The summed E-state index contributed by atoms with van der Waals surface area (Å²) < 4.78 is 26.1. The molecule has 0 saturated heterocycles. The van der Waals surface area contributed by atoms with Gasteiger partial charge in [-0.3, -0.25) is 4.79 Å². The van der Waals surface area contributed by atoms with E-state index in [2.05, 4.69) is 35.1 Å². The first-order chi connectivity index (χ1) is 10.6. The maximum absolute atomic E-state index is 12.3. The van der Waals surface area contributed by atoms with Gasteiger partial charge in [0.05, 0.1) is 4.90 Å². The molecule has 0 heterocycles. The van der Waals surface area contributed by atoms with Gasteiger partial charge in [-0.25, -0.2) is 12.7 Å². The molecule has 5 nitrogen and oxygen atoms in total. The van der Waals surface area contributed by atoms with E-state index in [1.165, 1.54) is 20.2 Å². The zero-order chi connectivity index (χ0) is 17.8. The number of halogens is 1. The fourth-order valence-corrected chi connectivity index (χ4v) is 3.85. The third-order valence-corrected chi connectivity index (χ3v) is 6.32. The minimum Gasteiger partial charge on any atom is -0.350 e. The Morgan fingerprint density at radius 1 is 1.22 bits per heavy atom. The van der Waals surface area contributed by atoms with Crippen LogP contribution >= 0.6 is 15.9 Å². The summed E-state index contributed by atoms with van der Waals surface area (Å²) in [5, 5.41) is 2.92. The molecule has 0 bridgehead atoms. The fourth-order valence-electron chi connectivity index (χ4n) is 2.00. The van der Waals surface area contributed by atoms with E-state index in [0.29, 0.717) is 16.0 Å². The maximum Gasteiger partial charge on any atom is 0.251 e. The predicted octanol–water partition coefficient (Wildman–Crippen LogP) is 3.25. The van der Waals surface area contributed by atoms with Crippen molar-refractivity contribution in [2.45, 2.75) is 44.6 Å². The van der Waals surface area contributed by atoms with Crippen LogP contribution in [0.2, 0.25) is 0 Å². The van der Waals surface area contributed by atoms with Crippen LogP contribution in [0.3, 0.4) is 0 Å². The molecule has 1 unspecified atom stereocenters. The summed E-state index contributed by atoms with van der Waals surface area (Å²) >= 11 is 3.24. The van der Waals surface area contributed by atoms with E-state index in [0.717, 1.165) is 17.1 Å². The maximum atomic E-state index is 12.3. The van der Waals surface area contributed by atoms with Gasteiger partial charge in [-0.2, -0.15) is 0 Å². The van der Waals surface area contributed by atoms with Gasteiger partial charge in [-0.05, 0) is 59.8 Å². The number of carbonyl (C=O) groups excluding carboxylic acids is 1. The smallest absolute Gasteiger partial charge is 0.251 e. The van der Waals surface area contributed by atoms with Crippen molar-refractivity contribution in [3.63, 3.8) is 0 Å². The molecule has 1 amide bonds. The zero-order valence-electron chi connectivity index (χ0n) is 14.3. The highest BCUT2D eigenvalue weighted by molar-refractivity contribution is 9.10. The molecule has 1 atom stereocenters. The first kappa shape index (κ1) is 20.1. The normalized spacial score (nSPS) is 13.4. The summed E-state index contributed by atoms with van der Waals surface area (Å²) in [5.74, 6) is 0.322. The van der Waals surface area contributed by atoms with Gasteiger partial charge in [0.15, 0.2) is 0 Å². The number of nitrogens with zero attached hydrogens (tertiary/aromatic N) is 1. The Labute approximate surface area is 147 Å². The molecule has 0 aliphatic carbocycles. The molecule has 0 aromatic heterocycles. The van der Waals surface area contributed by atoms with Crippen LogP contribution in [0.15, 0.2) is 27.6 Å². The number of hydrogen-bond acceptors (Lipinski definition) is 3. The lowest BCUT2D eigenvalue weighted by Crippen LogP contribution is -2.33. The van der Waals surface area contributed by atoms with Crippen LogP contribution in [0, 0.1) is 5.92 Å². The monoisotopic (exact) mass is 404 g/mol. The predicted molar refractivity (Wildman–Crippen MR) is 96.0 cm³/mol. The SMILES string of the molecule is CC(C)CCC(C)NC(=O)c1ccc(Br)c(S(=O)(=O)N(C)C)c1. The molecule has 1 N–H and O–H groups in total. The van der Waals surface area contributed by atoms with Crippen LogP contribution in [-0.2, 0) is 10.0 Å². The van der Waals surface area contributed by atoms with Gasteiger partial charge < -0.3 is 5.32 Å². The Kier molecular flexibility index (Phi) is 7.23. The van der Waals surface area contributed by atoms with Crippen molar-refractivity contribution < 1.29 is 13.2 Å². The van der Waals surface area contributed by atoms with E-state index in [4.69, 9.17) is 0 Å². The Hall–Kier alpha value is -0.920. The van der Waals surface area contributed by atoms with Crippen LogP contribution in [0.25, 0.3) is 0 Å². The molecule has 0 saturated carbocycles. The lowest BCUT2D eigenvalue weighted by Gasteiger charge is -2.17. The molecule has 130 valence electrons. The van der Waals surface area contributed by atoms with E-state index < -0.39 is 10.0 Å². The van der Waals surface area contributed by atoms with E-state index in [9.17, 15) is 13.2 Å². The second kappa shape index (κ2) is 8.26. The number of nitrogens with one attached hydrogen (secondary N) is 1. The second-order valence-corrected chi connectivity index (χ2v) is 9.25. The molecule has 7 heteroatoms. The lowest BCUT2D eigenvalue weighted by molar-refractivity contribution is 0.0937. The summed E-state index contributed by atoms with van der Waals surface area (Å²) in [6.07, 6.45) is 1.92. The first-order valence-electron chi connectivity index (χ1n) is 7.58. The van der Waals surface area contributed by atoms with Gasteiger partial charge in [0, 0.05) is 30.2 Å². The number of sulfonamides is 1. The number of amides is 1. The highest BCUT2D eigenvalue weighted by Gasteiger charge is 2.22. The van der Waals surface area contributed by atoms with Crippen molar-refractivity contribution in [1.82, 2.24) is 9.62 Å². The van der Waals surface area contributed by atoms with E-state index in [1.54, 1.807) is 12.1 Å². The quantitative estimate of drug-likeness (QED) is 0.757. The number of rotatable bonds is 7. The van der Waals surface area contributed by atoms with Crippen LogP contribution in [0.4, 0.5) is 0 Å². The molecule has 0 aliphatic heterocycles. The largest absolute Gasteiger partial charge is 0.350 e. The third-order valence-electron chi connectivity index (χ3n) is 3.51. The molecule has 1 aromatic rings. The molecular formula is C16H25BrN2O3S. The van der Waals surface area contributed by atoms with Gasteiger partial charge in [0.2, 0.25) is 10.0 Å². The number of hydrogen-bond donors (Lipinski definition) is 1. The zero-order valence-corrected chi connectivity index (χ0v) is 16.7. The van der Waals surface area contributed by atoms with E-state index in [1.807, 2.05) is 6.92 Å². The van der Waals surface area contributed by atoms with Crippen molar-refractivity contribution in [1.29, 1.82) is 0 Å². The summed E-state index contributed by atoms with van der Waals surface area (Å²) in [5.41, 5.74) is 0.338. The lowest BCUT2D eigenvalue weighted by atomic mass is 10.0. The summed E-state index contributed by atoms with van der Waals surface area (Å²) in [6, 6.07) is 4.65. The average Bonchev–Trinajstić information content (AvgIpc) is 2.45. The topological polar surface area (TPSA) is 66.5 Å². The van der Waals surface area contributed by atoms with Crippen LogP contribution in [-0.4, -0.2) is 38.8 Å². The first-order valence-corrected chi connectivity index (χ1v) is 9.82. The molecule has 1 aromatic carbocycles. The minimum absolute atomic E-state index is 0.0439. The highest BCUT2D eigenvalue weighted by Crippen LogP contribution is 2.25. The molecule has 23 heavy (non-hydrogen) atoms. The van der Waals surface area contributed by atoms with Crippen molar-refractivity contribution in [3.8, 4) is 0 Å². The summed E-state index contributed by atoms with van der Waals surface area (Å²) in [4.78, 5) is 12.4. The van der Waals surface area contributed by atoms with E-state index in [-0.39, 0.29) is 16.8 Å². The number of benzene rings is 1. The van der Waals surface area contributed by atoms with Crippen LogP contribution in [0.1, 0.15) is 44.0 Å². The summed E-state index contributed by atoms with van der Waals surface area (Å²) in [7, 11) is -0.685. The fraction of sp³-hybridized carbons (Fsp3) is 0.562. The summed E-state index contributed by atoms with van der Waals surface area (Å²) in [6.45, 7) is 6.24. The Bertz CT molecular complexity index is 657. The van der Waals surface area contributed by atoms with Crippen molar-refractivity contribution in [2.75, 3.05) is 14.1 Å². The molecule has 1 rings (SSSR count). The van der Waals surface area contributed by atoms with Gasteiger partial charge in [-0.1, -0.05) is 13.8 Å². The average molecular weight is 405 g/mol. The molecular weight excluding hydrogens is 380 g/mol. The van der Waals surface area contributed by atoms with Crippen molar-refractivity contribution in [3.05, 3.63) is 28.2 Å². The molecule has 0 aliphatic rings. The Balaban J connectivity index is 2.96. The van der Waals surface area contributed by atoms with E-state index >= 15 is 0 Å². The standard InChI is InChI=1S/C16H25BrN2O3S/c1-11(2)6-7-12(3)18-16(20)13-8-9-14(17)15(10-13)23(21,22)19(4)5/h8-12H,6-7H2,1-5H3,(H,18,20). The third kappa shape index (κ3) is 5.58. The molecule has 0 spiro atoms. The Morgan fingerprint density at radius 2 is 1.83 bits per heavy atom. The minimum atomic E-state index is -3.61. The Morgan fingerprint density at radius 3 is 2.35 bits per heavy atom. The van der Waals surface area contributed by atoms with Crippen LogP contribution < -0.4 is 5.32 Å². The molecule has 0 fully saturated rings. The van der Waals surface area contributed by atoms with Crippen LogP contribution in [0.5, 0.6) is 0 Å².